The van der Waals surface area contributed by atoms with Gasteiger partial charge in [-0.2, -0.15) is 0 Å². The summed E-state index contributed by atoms with van der Waals surface area (Å²) < 4.78 is 5.48. The number of methoxy groups -OCH3 is 1. The van der Waals surface area contributed by atoms with Crippen molar-refractivity contribution in [2.75, 3.05) is 13.7 Å². The van der Waals surface area contributed by atoms with Crippen molar-refractivity contribution in [2.45, 2.75) is 45.3 Å². The van der Waals surface area contributed by atoms with Crippen LogP contribution in [0.4, 0.5) is 0 Å². The summed E-state index contributed by atoms with van der Waals surface area (Å²) in [5.41, 5.74) is -0.114. The number of aromatic nitrogens is 1. The van der Waals surface area contributed by atoms with Crippen LogP contribution in [0.3, 0.4) is 0 Å². The molecule has 0 spiro atoms. The maximum atomic E-state index is 5.48. The van der Waals surface area contributed by atoms with E-state index in [1.165, 1.54) is 0 Å². The molecule has 0 bridgehead atoms. The molecule has 0 aliphatic carbocycles. The monoisotopic (exact) mass is 242 g/mol. The highest BCUT2D eigenvalue weighted by atomic mass is 32.1. The quantitative estimate of drug-likeness (QED) is 0.798. The van der Waals surface area contributed by atoms with Crippen molar-refractivity contribution in [3.05, 3.63) is 16.6 Å². The Morgan fingerprint density at radius 1 is 1.56 bits per heavy atom. The molecule has 0 saturated heterocycles. The van der Waals surface area contributed by atoms with Crippen LogP contribution in [0.1, 0.15) is 44.7 Å². The molecule has 0 aliphatic rings. The molecule has 1 aromatic heterocycles. The van der Waals surface area contributed by atoms with E-state index in [1.807, 2.05) is 11.6 Å². The lowest BCUT2D eigenvalue weighted by atomic mass is 9.99. The highest BCUT2D eigenvalue weighted by Gasteiger charge is 2.24. The number of rotatable bonds is 7. The summed E-state index contributed by atoms with van der Waals surface area (Å²) >= 11 is 1.70. The molecule has 4 heteroatoms. The van der Waals surface area contributed by atoms with Crippen molar-refractivity contribution in [2.24, 2.45) is 0 Å². The van der Waals surface area contributed by atoms with Gasteiger partial charge in [0.25, 0.3) is 0 Å². The van der Waals surface area contributed by atoms with Gasteiger partial charge in [0, 0.05) is 18.7 Å². The van der Waals surface area contributed by atoms with E-state index in [0.717, 1.165) is 24.4 Å². The molecular formula is C12H22N2OS. The van der Waals surface area contributed by atoms with Crippen LogP contribution in [0.25, 0.3) is 0 Å². The molecule has 0 aliphatic heterocycles. The largest absolute Gasteiger partial charge is 0.379 e. The molecule has 1 unspecified atom stereocenters. The number of thiazole rings is 1. The highest BCUT2D eigenvalue weighted by molar-refractivity contribution is 7.09. The molecule has 0 saturated carbocycles. The minimum absolute atomic E-state index is 0.114. The first-order chi connectivity index (χ1) is 7.59. The Morgan fingerprint density at radius 3 is 2.81 bits per heavy atom. The normalized spacial score (nSPS) is 14.0. The van der Waals surface area contributed by atoms with Gasteiger partial charge < -0.3 is 10.1 Å². The highest BCUT2D eigenvalue weighted by Crippen LogP contribution is 2.27. The molecule has 0 aromatic carbocycles. The fraction of sp³-hybridized carbons (Fsp3) is 0.750. The summed E-state index contributed by atoms with van der Waals surface area (Å²) in [5, 5.41) is 6.71. The van der Waals surface area contributed by atoms with Crippen molar-refractivity contribution in [3.63, 3.8) is 0 Å². The molecule has 1 atom stereocenters. The predicted octanol–water partition coefficient (Wildman–Crippen LogP) is 3.00. The Bertz CT molecular complexity index is 285. The first kappa shape index (κ1) is 13.6. The SMILES string of the molecule is CCCNC(CC(C)(C)OC)c1nccs1. The van der Waals surface area contributed by atoms with Crippen LogP contribution >= 0.6 is 11.3 Å². The summed E-state index contributed by atoms with van der Waals surface area (Å²) in [6, 6.07) is 0.301. The lowest BCUT2D eigenvalue weighted by Crippen LogP contribution is -2.32. The first-order valence-corrected chi connectivity index (χ1v) is 6.65. The third-order valence-electron chi connectivity index (χ3n) is 2.64. The van der Waals surface area contributed by atoms with Gasteiger partial charge in [0.15, 0.2) is 0 Å². The molecule has 1 rings (SSSR count). The van der Waals surface area contributed by atoms with Crippen LogP contribution in [0.5, 0.6) is 0 Å². The molecule has 0 radical (unpaired) electrons. The average Bonchev–Trinajstić information content (AvgIpc) is 2.77. The zero-order chi connectivity index (χ0) is 12.0. The smallest absolute Gasteiger partial charge is 0.110 e. The third kappa shape index (κ3) is 4.20. The van der Waals surface area contributed by atoms with E-state index >= 15 is 0 Å². The van der Waals surface area contributed by atoms with Gasteiger partial charge in [-0.3, -0.25) is 0 Å². The molecule has 16 heavy (non-hydrogen) atoms. The number of ether oxygens (including phenoxy) is 1. The number of nitrogens with zero attached hydrogens (tertiary/aromatic N) is 1. The lowest BCUT2D eigenvalue weighted by molar-refractivity contribution is 0.00683. The van der Waals surface area contributed by atoms with Gasteiger partial charge in [0.2, 0.25) is 0 Å². The van der Waals surface area contributed by atoms with Crippen LogP contribution in [-0.4, -0.2) is 24.2 Å². The van der Waals surface area contributed by atoms with E-state index in [4.69, 9.17) is 4.74 Å². The topological polar surface area (TPSA) is 34.1 Å². The lowest BCUT2D eigenvalue weighted by Gasteiger charge is -2.28. The van der Waals surface area contributed by atoms with Gasteiger partial charge in [-0.05, 0) is 33.2 Å². The second kappa shape index (κ2) is 6.33. The minimum atomic E-state index is -0.114. The van der Waals surface area contributed by atoms with E-state index < -0.39 is 0 Å². The number of nitrogens with one attached hydrogen (secondary N) is 1. The Hall–Kier alpha value is -0.450. The van der Waals surface area contributed by atoms with E-state index in [9.17, 15) is 0 Å². The zero-order valence-corrected chi connectivity index (χ0v) is 11.4. The fourth-order valence-corrected chi connectivity index (χ4v) is 2.26. The molecule has 1 heterocycles. The summed E-state index contributed by atoms with van der Waals surface area (Å²) in [5.74, 6) is 0. The average molecular weight is 242 g/mol. The summed E-state index contributed by atoms with van der Waals surface area (Å²) in [4.78, 5) is 4.39. The standard InChI is InChI=1S/C12H22N2OS/c1-5-6-13-10(9-12(2,3)15-4)11-14-7-8-16-11/h7-8,10,13H,5-6,9H2,1-4H3. The Balaban J connectivity index is 2.65. The van der Waals surface area contributed by atoms with E-state index in [0.29, 0.717) is 6.04 Å². The van der Waals surface area contributed by atoms with E-state index in [-0.39, 0.29) is 5.60 Å². The van der Waals surface area contributed by atoms with Gasteiger partial charge in [-0.15, -0.1) is 11.3 Å². The first-order valence-electron chi connectivity index (χ1n) is 5.77. The van der Waals surface area contributed by atoms with Gasteiger partial charge >= 0.3 is 0 Å². The minimum Gasteiger partial charge on any atom is -0.379 e. The molecule has 92 valence electrons. The van der Waals surface area contributed by atoms with Gasteiger partial charge in [0.1, 0.15) is 5.01 Å². The van der Waals surface area contributed by atoms with Crippen molar-refractivity contribution in [1.82, 2.24) is 10.3 Å². The van der Waals surface area contributed by atoms with Gasteiger partial charge in [-0.25, -0.2) is 4.98 Å². The van der Waals surface area contributed by atoms with Crippen LogP contribution in [0, 0.1) is 0 Å². The molecular weight excluding hydrogens is 220 g/mol. The molecule has 0 amide bonds. The van der Waals surface area contributed by atoms with Crippen LogP contribution in [-0.2, 0) is 4.74 Å². The Morgan fingerprint density at radius 2 is 2.31 bits per heavy atom. The number of hydrogen-bond donors (Lipinski definition) is 1. The molecule has 1 aromatic rings. The predicted molar refractivity (Wildman–Crippen MR) is 68.9 cm³/mol. The molecule has 0 fully saturated rings. The van der Waals surface area contributed by atoms with Crippen LogP contribution in [0.2, 0.25) is 0 Å². The zero-order valence-electron chi connectivity index (χ0n) is 10.6. The van der Waals surface area contributed by atoms with Gasteiger partial charge in [0.05, 0.1) is 11.6 Å². The summed E-state index contributed by atoms with van der Waals surface area (Å²) in [7, 11) is 1.76. The fourth-order valence-electron chi connectivity index (χ4n) is 1.55. The van der Waals surface area contributed by atoms with E-state index in [2.05, 4.69) is 31.1 Å². The van der Waals surface area contributed by atoms with Crippen molar-refractivity contribution in [1.29, 1.82) is 0 Å². The van der Waals surface area contributed by atoms with Crippen LogP contribution in [0.15, 0.2) is 11.6 Å². The second-order valence-electron chi connectivity index (χ2n) is 4.54. The third-order valence-corrected chi connectivity index (χ3v) is 3.53. The second-order valence-corrected chi connectivity index (χ2v) is 5.47. The summed E-state index contributed by atoms with van der Waals surface area (Å²) in [6.07, 6.45) is 3.94. The molecule has 3 nitrogen and oxygen atoms in total. The van der Waals surface area contributed by atoms with Gasteiger partial charge in [-0.1, -0.05) is 6.92 Å². The van der Waals surface area contributed by atoms with Crippen LogP contribution < -0.4 is 5.32 Å². The van der Waals surface area contributed by atoms with E-state index in [1.54, 1.807) is 18.4 Å². The van der Waals surface area contributed by atoms with Crippen molar-refractivity contribution in [3.8, 4) is 0 Å². The van der Waals surface area contributed by atoms with Crippen molar-refractivity contribution >= 4 is 11.3 Å². The maximum absolute atomic E-state index is 5.48. The Labute approximate surface area is 102 Å². The Kier molecular flexibility index (Phi) is 5.38. The maximum Gasteiger partial charge on any atom is 0.110 e. The number of hydrogen-bond acceptors (Lipinski definition) is 4. The van der Waals surface area contributed by atoms with Crippen molar-refractivity contribution < 1.29 is 4.74 Å². The molecule has 1 N–H and O–H groups in total. The summed E-state index contributed by atoms with van der Waals surface area (Å²) in [6.45, 7) is 7.42.